The summed E-state index contributed by atoms with van der Waals surface area (Å²) < 4.78 is 64.5. The molecule has 1 aromatic heterocycles. The zero-order chi connectivity index (χ0) is 19.7. The van der Waals surface area contributed by atoms with Crippen LogP contribution in [0, 0.1) is 0 Å². The van der Waals surface area contributed by atoms with E-state index in [1.54, 1.807) is 30.3 Å². The fraction of sp³-hybridized carbons (Fsp3) is 0.118. The molecule has 0 bridgehead atoms. The number of benzene rings is 2. The lowest BCUT2D eigenvalue weighted by Crippen LogP contribution is -2.25. The Labute approximate surface area is 153 Å². The highest BCUT2D eigenvalue weighted by atomic mass is 32.2. The molecule has 3 rings (SSSR count). The van der Waals surface area contributed by atoms with Crippen LogP contribution in [0.25, 0.3) is 11.3 Å². The maximum Gasteiger partial charge on any atom is 0.435 e. The second-order valence-electron chi connectivity index (χ2n) is 5.59. The van der Waals surface area contributed by atoms with E-state index in [0.717, 1.165) is 6.07 Å². The Kier molecular flexibility index (Phi) is 4.94. The zero-order valence-corrected chi connectivity index (χ0v) is 14.6. The largest absolute Gasteiger partial charge is 0.435 e. The van der Waals surface area contributed by atoms with Crippen LogP contribution < -0.4 is 10.6 Å². The van der Waals surface area contributed by atoms with Gasteiger partial charge in [-0.2, -0.15) is 31.2 Å². The summed E-state index contributed by atoms with van der Waals surface area (Å²) in [4.78, 5) is 2.59. The van der Waals surface area contributed by atoms with E-state index in [0.29, 0.717) is 15.9 Å². The topological polar surface area (TPSA) is 90.0 Å². The van der Waals surface area contributed by atoms with Gasteiger partial charge in [0.15, 0.2) is 5.69 Å². The molecule has 0 radical (unpaired) electrons. The SMILES string of the molecule is NCc1ccccc1-c1cc(C(F)(F)F)nn1NS(=O)(=O)c1ccccc1. The van der Waals surface area contributed by atoms with Crippen molar-refractivity contribution in [3.8, 4) is 11.3 Å². The molecule has 3 N–H and O–H groups in total. The van der Waals surface area contributed by atoms with Crippen LogP contribution in [0.3, 0.4) is 0 Å². The Morgan fingerprint density at radius 3 is 2.30 bits per heavy atom. The number of nitrogens with one attached hydrogen (secondary N) is 1. The van der Waals surface area contributed by atoms with Gasteiger partial charge in [-0.25, -0.2) is 0 Å². The average Bonchev–Trinajstić information content (AvgIpc) is 3.05. The molecule has 1 heterocycles. The van der Waals surface area contributed by atoms with Crippen LogP contribution in [0.5, 0.6) is 0 Å². The van der Waals surface area contributed by atoms with Crippen molar-refractivity contribution in [1.82, 2.24) is 9.89 Å². The van der Waals surface area contributed by atoms with E-state index in [2.05, 4.69) is 9.93 Å². The third-order valence-electron chi connectivity index (χ3n) is 3.77. The molecular formula is C17H15F3N4O2S. The van der Waals surface area contributed by atoms with Crippen molar-refractivity contribution in [2.24, 2.45) is 5.73 Å². The highest BCUT2D eigenvalue weighted by Crippen LogP contribution is 2.32. The minimum absolute atomic E-state index is 0.0636. The number of hydrogen-bond acceptors (Lipinski definition) is 4. The van der Waals surface area contributed by atoms with Crippen molar-refractivity contribution in [1.29, 1.82) is 0 Å². The molecule has 3 aromatic rings. The van der Waals surface area contributed by atoms with Crippen LogP contribution >= 0.6 is 0 Å². The summed E-state index contributed by atoms with van der Waals surface area (Å²) in [6, 6.07) is 14.6. The highest BCUT2D eigenvalue weighted by Gasteiger charge is 2.36. The van der Waals surface area contributed by atoms with Crippen molar-refractivity contribution in [3.05, 3.63) is 71.9 Å². The molecule has 0 fully saturated rings. The molecule has 10 heteroatoms. The van der Waals surface area contributed by atoms with Gasteiger partial charge in [0.05, 0.1) is 10.6 Å². The molecule has 0 spiro atoms. The predicted octanol–water partition coefficient (Wildman–Crippen LogP) is 2.96. The molecule has 27 heavy (non-hydrogen) atoms. The Bertz CT molecular complexity index is 1050. The minimum atomic E-state index is -4.74. The number of hydrogen-bond donors (Lipinski definition) is 2. The van der Waals surface area contributed by atoms with Gasteiger partial charge in [-0.15, -0.1) is 5.10 Å². The summed E-state index contributed by atoms with van der Waals surface area (Å²) in [7, 11) is -4.14. The fourth-order valence-corrected chi connectivity index (χ4v) is 3.48. The Hall–Kier alpha value is -2.85. The predicted molar refractivity (Wildman–Crippen MR) is 93.5 cm³/mol. The van der Waals surface area contributed by atoms with Gasteiger partial charge >= 0.3 is 6.18 Å². The fourth-order valence-electron chi connectivity index (χ4n) is 2.50. The smallest absolute Gasteiger partial charge is 0.326 e. The molecule has 0 atom stereocenters. The van der Waals surface area contributed by atoms with Crippen LogP contribution in [0.15, 0.2) is 65.6 Å². The lowest BCUT2D eigenvalue weighted by Gasteiger charge is -2.13. The maximum atomic E-state index is 13.2. The summed E-state index contributed by atoms with van der Waals surface area (Å²) >= 11 is 0. The van der Waals surface area contributed by atoms with Crippen LogP contribution in [0.1, 0.15) is 11.3 Å². The average molecular weight is 396 g/mol. The summed E-state index contributed by atoms with van der Waals surface area (Å²) in [6.07, 6.45) is -4.74. The van der Waals surface area contributed by atoms with E-state index in [1.165, 1.54) is 24.3 Å². The van der Waals surface area contributed by atoms with Gasteiger partial charge in [0.2, 0.25) is 0 Å². The number of nitrogens with two attached hydrogens (primary N) is 1. The zero-order valence-electron chi connectivity index (χ0n) is 13.8. The molecule has 142 valence electrons. The van der Waals surface area contributed by atoms with Crippen LogP contribution in [-0.4, -0.2) is 18.3 Å². The molecule has 0 unspecified atom stereocenters. The van der Waals surface area contributed by atoms with Gasteiger partial charge in [-0.1, -0.05) is 42.5 Å². The molecule has 0 aliphatic heterocycles. The standard InChI is InChI=1S/C17H15F3N4O2S/c18-17(19,20)16-10-15(14-9-5-4-6-12(14)11-21)24(22-16)23-27(25,26)13-7-2-1-3-8-13/h1-10,23H,11,21H2. The summed E-state index contributed by atoms with van der Waals surface area (Å²) in [6.45, 7) is 0.0636. The van der Waals surface area contributed by atoms with E-state index in [-0.39, 0.29) is 17.1 Å². The number of rotatable bonds is 5. The number of alkyl halides is 3. The lowest BCUT2D eigenvalue weighted by atomic mass is 10.0. The molecule has 0 amide bonds. The lowest BCUT2D eigenvalue weighted by molar-refractivity contribution is -0.141. The Balaban J connectivity index is 2.13. The van der Waals surface area contributed by atoms with Gasteiger partial charge in [0.25, 0.3) is 10.0 Å². The van der Waals surface area contributed by atoms with Gasteiger partial charge < -0.3 is 5.73 Å². The van der Waals surface area contributed by atoms with Crippen molar-refractivity contribution in [3.63, 3.8) is 0 Å². The van der Waals surface area contributed by atoms with Crippen LogP contribution in [0.2, 0.25) is 0 Å². The van der Waals surface area contributed by atoms with Crippen molar-refractivity contribution < 1.29 is 21.6 Å². The molecule has 0 aliphatic carbocycles. The molecule has 0 saturated carbocycles. The van der Waals surface area contributed by atoms with E-state index in [1.807, 2.05) is 0 Å². The van der Waals surface area contributed by atoms with Crippen LogP contribution in [0.4, 0.5) is 13.2 Å². The number of sulfonamides is 1. The van der Waals surface area contributed by atoms with E-state index in [4.69, 9.17) is 5.73 Å². The second kappa shape index (κ2) is 7.05. The monoisotopic (exact) mass is 396 g/mol. The summed E-state index contributed by atoms with van der Waals surface area (Å²) in [5.74, 6) is 0. The Morgan fingerprint density at radius 2 is 1.67 bits per heavy atom. The second-order valence-corrected chi connectivity index (χ2v) is 7.25. The third-order valence-corrected chi connectivity index (χ3v) is 5.08. The first-order valence-corrected chi connectivity index (χ1v) is 9.24. The van der Waals surface area contributed by atoms with Crippen molar-refractivity contribution in [2.75, 3.05) is 4.83 Å². The third kappa shape index (κ3) is 3.96. The molecular weight excluding hydrogens is 381 g/mol. The van der Waals surface area contributed by atoms with Crippen molar-refractivity contribution in [2.45, 2.75) is 17.6 Å². The first-order chi connectivity index (χ1) is 12.7. The first-order valence-electron chi connectivity index (χ1n) is 7.76. The van der Waals surface area contributed by atoms with E-state index >= 15 is 0 Å². The van der Waals surface area contributed by atoms with Gasteiger partial charge in [-0.3, -0.25) is 0 Å². The maximum absolute atomic E-state index is 13.2. The minimum Gasteiger partial charge on any atom is -0.326 e. The highest BCUT2D eigenvalue weighted by molar-refractivity contribution is 7.92. The van der Waals surface area contributed by atoms with Gasteiger partial charge in [0, 0.05) is 12.1 Å². The molecule has 0 saturated heterocycles. The first kappa shape index (κ1) is 18.9. The summed E-state index contributed by atoms with van der Waals surface area (Å²) in [5.41, 5.74) is 5.26. The number of halogens is 3. The molecule has 6 nitrogen and oxygen atoms in total. The normalized spacial score (nSPS) is 12.1. The number of nitrogens with zero attached hydrogens (tertiary/aromatic N) is 2. The van der Waals surface area contributed by atoms with Gasteiger partial charge in [-0.05, 0) is 23.8 Å². The molecule has 2 aromatic carbocycles. The number of aromatic nitrogens is 2. The Morgan fingerprint density at radius 1 is 1.04 bits per heavy atom. The quantitative estimate of drug-likeness (QED) is 0.694. The van der Waals surface area contributed by atoms with Gasteiger partial charge in [0.1, 0.15) is 0 Å². The van der Waals surface area contributed by atoms with E-state index < -0.39 is 21.9 Å². The van der Waals surface area contributed by atoms with Crippen molar-refractivity contribution >= 4 is 10.0 Å². The van der Waals surface area contributed by atoms with Crippen LogP contribution in [-0.2, 0) is 22.7 Å². The van der Waals surface area contributed by atoms with E-state index in [9.17, 15) is 21.6 Å². The molecule has 0 aliphatic rings. The summed E-state index contributed by atoms with van der Waals surface area (Å²) in [5, 5.41) is 3.40.